The van der Waals surface area contributed by atoms with Crippen molar-refractivity contribution in [2.45, 2.75) is 11.7 Å². The van der Waals surface area contributed by atoms with Gasteiger partial charge >= 0.3 is 0 Å². The van der Waals surface area contributed by atoms with Gasteiger partial charge in [0.25, 0.3) is 0 Å². The van der Waals surface area contributed by atoms with Gasteiger partial charge in [-0.1, -0.05) is 57.0 Å². The fourth-order valence-electron chi connectivity index (χ4n) is 2.90. The van der Waals surface area contributed by atoms with E-state index in [1.165, 1.54) is 11.8 Å². The molecule has 2 heterocycles. The molecular formula is C21H15BrCl2N4O2S. The summed E-state index contributed by atoms with van der Waals surface area (Å²) >= 11 is 16.6. The van der Waals surface area contributed by atoms with Crippen molar-refractivity contribution in [2.75, 3.05) is 11.1 Å². The lowest BCUT2D eigenvalue weighted by Crippen LogP contribution is -2.14. The number of carbonyl (C=O) groups is 1. The quantitative estimate of drug-likeness (QED) is 0.210. The van der Waals surface area contributed by atoms with Crippen molar-refractivity contribution in [3.05, 3.63) is 69.6 Å². The van der Waals surface area contributed by atoms with E-state index < -0.39 is 0 Å². The van der Waals surface area contributed by atoms with Crippen molar-refractivity contribution >= 4 is 73.5 Å². The molecule has 4 rings (SSSR count). The number of benzene rings is 2. The third-order valence-corrected chi connectivity index (χ3v) is 6.46. The number of nitrogens with one attached hydrogen (secondary N) is 1. The van der Waals surface area contributed by atoms with Crippen molar-refractivity contribution in [3.8, 4) is 11.6 Å². The number of furan rings is 1. The Kier molecular flexibility index (Phi) is 6.71. The summed E-state index contributed by atoms with van der Waals surface area (Å²) in [4.78, 5) is 12.4. The standard InChI is InChI=1S/C21H15BrCl2N4O2S/c1-2-7-28-20(18-9-12-8-13(22)3-6-17(12)30-18)26-27-21(28)31-11-19(29)25-14-4-5-15(23)16(24)10-14/h2-6,8-10H,1,7,11H2,(H,25,29). The highest BCUT2D eigenvalue weighted by Crippen LogP contribution is 2.31. The van der Waals surface area contributed by atoms with Crippen molar-refractivity contribution in [1.82, 2.24) is 14.8 Å². The van der Waals surface area contributed by atoms with Gasteiger partial charge in [-0.05, 0) is 42.5 Å². The van der Waals surface area contributed by atoms with E-state index in [2.05, 4.69) is 38.0 Å². The molecule has 0 spiro atoms. The molecule has 1 N–H and O–H groups in total. The first-order valence-electron chi connectivity index (χ1n) is 9.06. The summed E-state index contributed by atoms with van der Waals surface area (Å²) in [6.07, 6.45) is 1.74. The van der Waals surface area contributed by atoms with E-state index in [1.54, 1.807) is 24.3 Å². The van der Waals surface area contributed by atoms with Gasteiger partial charge in [0.15, 0.2) is 10.9 Å². The molecule has 0 atom stereocenters. The lowest BCUT2D eigenvalue weighted by Gasteiger charge is -2.07. The van der Waals surface area contributed by atoms with Crippen LogP contribution in [0.5, 0.6) is 0 Å². The van der Waals surface area contributed by atoms with Gasteiger partial charge in [-0.15, -0.1) is 16.8 Å². The number of fused-ring (bicyclic) bond motifs is 1. The highest BCUT2D eigenvalue weighted by molar-refractivity contribution is 9.10. The van der Waals surface area contributed by atoms with Crippen LogP contribution in [0.4, 0.5) is 5.69 Å². The number of nitrogens with zero attached hydrogens (tertiary/aromatic N) is 3. The summed E-state index contributed by atoms with van der Waals surface area (Å²) in [7, 11) is 0. The molecule has 2 aromatic carbocycles. The predicted molar refractivity (Wildman–Crippen MR) is 129 cm³/mol. The van der Waals surface area contributed by atoms with Crippen LogP contribution in [0.15, 0.2) is 69.2 Å². The van der Waals surface area contributed by atoms with E-state index in [4.69, 9.17) is 27.6 Å². The zero-order chi connectivity index (χ0) is 22.0. The van der Waals surface area contributed by atoms with Crippen LogP contribution in [0.1, 0.15) is 0 Å². The van der Waals surface area contributed by atoms with Crippen LogP contribution in [0.3, 0.4) is 0 Å². The number of carbonyl (C=O) groups excluding carboxylic acids is 1. The number of halogens is 3. The first kappa shape index (κ1) is 22.0. The van der Waals surface area contributed by atoms with Crippen LogP contribution >= 0.6 is 50.9 Å². The maximum absolute atomic E-state index is 12.4. The Morgan fingerprint density at radius 1 is 1.19 bits per heavy atom. The molecule has 0 saturated heterocycles. The average Bonchev–Trinajstić information content (AvgIpc) is 3.33. The lowest BCUT2D eigenvalue weighted by molar-refractivity contribution is -0.113. The highest BCUT2D eigenvalue weighted by Gasteiger charge is 2.18. The number of amides is 1. The molecule has 6 nitrogen and oxygen atoms in total. The van der Waals surface area contributed by atoms with Gasteiger partial charge in [-0.25, -0.2) is 0 Å². The fourth-order valence-corrected chi connectivity index (χ4v) is 4.32. The average molecular weight is 538 g/mol. The van der Waals surface area contributed by atoms with Gasteiger partial charge < -0.3 is 9.73 Å². The third-order valence-electron chi connectivity index (χ3n) is 4.26. The minimum atomic E-state index is -0.202. The highest BCUT2D eigenvalue weighted by atomic mass is 79.9. The van der Waals surface area contributed by atoms with Crippen LogP contribution in [0.2, 0.25) is 10.0 Å². The molecule has 158 valence electrons. The number of hydrogen-bond acceptors (Lipinski definition) is 5. The minimum absolute atomic E-state index is 0.141. The minimum Gasteiger partial charge on any atom is -0.453 e. The molecule has 10 heteroatoms. The van der Waals surface area contributed by atoms with Gasteiger partial charge in [0.1, 0.15) is 5.58 Å². The zero-order valence-corrected chi connectivity index (χ0v) is 19.9. The largest absolute Gasteiger partial charge is 0.453 e. The van der Waals surface area contributed by atoms with E-state index in [9.17, 15) is 4.79 Å². The molecule has 0 aliphatic rings. The van der Waals surface area contributed by atoms with Crippen molar-refractivity contribution in [3.63, 3.8) is 0 Å². The summed E-state index contributed by atoms with van der Waals surface area (Å²) in [5, 5.41) is 13.7. The van der Waals surface area contributed by atoms with E-state index in [1.807, 2.05) is 28.8 Å². The number of allylic oxidation sites excluding steroid dienone is 1. The van der Waals surface area contributed by atoms with Gasteiger partial charge in [0.2, 0.25) is 11.7 Å². The van der Waals surface area contributed by atoms with E-state index in [0.717, 1.165) is 15.4 Å². The number of anilines is 1. The molecule has 2 aromatic heterocycles. The Hall–Kier alpha value is -2.26. The van der Waals surface area contributed by atoms with Crippen LogP contribution in [0.25, 0.3) is 22.6 Å². The van der Waals surface area contributed by atoms with E-state index in [0.29, 0.717) is 39.0 Å². The number of rotatable bonds is 7. The van der Waals surface area contributed by atoms with Crippen molar-refractivity contribution in [2.24, 2.45) is 0 Å². The first-order valence-corrected chi connectivity index (χ1v) is 11.6. The smallest absolute Gasteiger partial charge is 0.234 e. The predicted octanol–water partition coefficient (Wildman–Crippen LogP) is 6.68. The van der Waals surface area contributed by atoms with Gasteiger partial charge in [-0.3, -0.25) is 9.36 Å². The van der Waals surface area contributed by atoms with Gasteiger partial charge in [0, 0.05) is 22.1 Å². The van der Waals surface area contributed by atoms with Crippen molar-refractivity contribution < 1.29 is 9.21 Å². The Morgan fingerprint density at radius 3 is 2.81 bits per heavy atom. The van der Waals surface area contributed by atoms with E-state index in [-0.39, 0.29) is 11.7 Å². The molecule has 0 radical (unpaired) electrons. The number of aromatic nitrogens is 3. The van der Waals surface area contributed by atoms with Gasteiger partial charge in [0.05, 0.1) is 15.8 Å². The first-order chi connectivity index (χ1) is 14.9. The summed E-state index contributed by atoms with van der Waals surface area (Å²) in [6, 6.07) is 12.6. The molecule has 0 aliphatic carbocycles. The second-order valence-corrected chi connectivity index (χ2v) is 9.14. The summed E-state index contributed by atoms with van der Waals surface area (Å²) < 4.78 is 8.76. The summed E-state index contributed by atoms with van der Waals surface area (Å²) in [5.41, 5.74) is 1.32. The third kappa shape index (κ3) is 4.98. The molecule has 4 aromatic rings. The van der Waals surface area contributed by atoms with Crippen LogP contribution in [-0.4, -0.2) is 26.4 Å². The van der Waals surface area contributed by atoms with Crippen LogP contribution in [-0.2, 0) is 11.3 Å². The molecule has 0 saturated carbocycles. The van der Waals surface area contributed by atoms with Crippen molar-refractivity contribution in [1.29, 1.82) is 0 Å². The van der Waals surface area contributed by atoms with Crippen LogP contribution < -0.4 is 5.32 Å². The summed E-state index contributed by atoms with van der Waals surface area (Å²) in [5.74, 6) is 1.10. The molecule has 31 heavy (non-hydrogen) atoms. The Labute approximate surface area is 200 Å². The molecular weight excluding hydrogens is 523 g/mol. The monoisotopic (exact) mass is 536 g/mol. The second kappa shape index (κ2) is 9.48. The van der Waals surface area contributed by atoms with Gasteiger partial charge in [-0.2, -0.15) is 0 Å². The molecule has 0 aliphatic heterocycles. The maximum atomic E-state index is 12.4. The Morgan fingerprint density at radius 2 is 2.03 bits per heavy atom. The Balaban J connectivity index is 1.52. The number of hydrogen-bond donors (Lipinski definition) is 1. The molecule has 0 unspecified atom stereocenters. The number of thioether (sulfide) groups is 1. The fraction of sp³-hybridized carbons (Fsp3) is 0.0952. The van der Waals surface area contributed by atoms with E-state index >= 15 is 0 Å². The maximum Gasteiger partial charge on any atom is 0.234 e. The lowest BCUT2D eigenvalue weighted by atomic mass is 10.2. The summed E-state index contributed by atoms with van der Waals surface area (Å²) in [6.45, 7) is 4.28. The molecule has 0 bridgehead atoms. The Bertz CT molecular complexity index is 1290. The normalized spacial score (nSPS) is 11.1. The molecule has 0 fully saturated rings. The second-order valence-electron chi connectivity index (χ2n) is 6.46. The van der Waals surface area contributed by atoms with Crippen LogP contribution in [0, 0.1) is 0 Å². The topological polar surface area (TPSA) is 73.0 Å². The zero-order valence-electron chi connectivity index (χ0n) is 15.9. The SMILES string of the molecule is C=CCn1c(SCC(=O)Nc2ccc(Cl)c(Cl)c2)nnc1-c1cc2cc(Br)ccc2o1. The molecule has 1 amide bonds.